The molecule has 1 aliphatic rings. The summed E-state index contributed by atoms with van der Waals surface area (Å²) in [4.78, 5) is 24.3. The van der Waals surface area contributed by atoms with Crippen LogP contribution in [0.25, 0.3) is 0 Å². The fourth-order valence-electron chi connectivity index (χ4n) is 2.71. The predicted molar refractivity (Wildman–Crippen MR) is 83.3 cm³/mol. The third kappa shape index (κ3) is 3.04. The summed E-state index contributed by atoms with van der Waals surface area (Å²) in [5.74, 6) is -0.0983. The highest BCUT2D eigenvalue weighted by Crippen LogP contribution is 2.33. The van der Waals surface area contributed by atoms with Gasteiger partial charge in [-0.1, -0.05) is 6.92 Å². The maximum atomic E-state index is 12.4. The van der Waals surface area contributed by atoms with Crippen molar-refractivity contribution >= 4 is 29.0 Å². The van der Waals surface area contributed by atoms with E-state index in [2.05, 4.69) is 17.3 Å². The molecule has 0 aromatic carbocycles. The monoisotopic (exact) mass is 319 g/mol. The van der Waals surface area contributed by atoms with E-state index in [4.69, 9.17) is 5.11 Å². The average molecular weight is 319 g/mol. The summed E-state index contributed by atoms with van der Waals surface area (Å²) in [7, 11) is 0. The largest absolute Gasteiger partial charge is 0.480 e. The maximum Gasteiger partial charge on any atom is 0.325 e. The molecule has 0 spiro atoms. The summed E-state index contributed by atoms with van der Waals surface area (Å²) in [6.07, 6.45) is 4.63. The Bertz CT molecular complexity index is 719. The van der Waals surface area contributed by atoms with E-state index in [1.807, 2.05) is 5.38 Å². The molecule has 1 amide bonds. The Kier molecular flexibility index (Phi) is 3.98. The van der Waals surface area contributed by atoms with Crippen molar-refractivity contribution in [3.8, 4) is 0 Å². The number of rotatable bonds is 4. The van der Waals surface area contributed by atoms with Gasteiger partial charge in [-0.05, 0) is 30.7 Å². The van der Waals surface area contributed by atoms with Crippen LogP contribution in [0.5, 0.6) is 0 Å². The van der Waals surface area contributed by atoms with Crippen LogP contribution < -0.4 is 5.32 Å². The molecule has 2 heterocycles. The molecule has 3 rings (SSSR count). The Hall–Kier alpha value is -2.15. The maximum absolute atomic E-state index is 12.4. The summed E-state index contributed by atoms with van der Waals surface area (Å²) in [6.45, 7) is 2.01. The molecule has 0 aliphatic heterocycles. The number of carbonyl (C=O) groups excluding carboxylic acids is 1. The van der Waals surface area contributed by atoms with Gasteiger partial charge in [-0.25, -0.2) is 0 Å². The Labute approximate surface area is 131 Å². The van der Waals surface area contributed by atoms with E-state index >= 15 is 0 Å². The number of carboxylic acid groups (broad SMARTS) is 1. The van der Waals surface area contributed by atoms with Gasteiger partial charge in [0.1, 0.15) is 6.54 Å². The van der Waals surface area contributed by atoms with Crippen LogP contribution in [0, 0.1) is 5.92 Å². The first kappa shape index (κ1) is 14.8. The third-order valence-electron chi connectivity index (χ3n) is 3.83. The minimum absolute atomic E-state index is 0.173. The van der Waals surface area contributed by atoms with Crippen LogP contribution in [0.15, 0.2) is 17.6 Å². The van der Waals surface area contributed by atoms with Crippen molar-refractivity contribution in [2.45, 2.75) is 32.7 Å². The quantitative estimate of drug-likeness (QED) is 0.906. The molecule has 6 nitrogen and oxygen atoms in total. The number of nitrogens with zero attached hydrogens (tertiary/aromatic N) is 2. The van der Waals surface area contributed by atoms with E-state index in [-0.39, 0.29) is 12.5 Å². The molecule has 0 bridgehead atoms. The van der Waals surface area contributed by atoms with E-state index in [0.29, 0.717) is 11.7 Å². The van der Waals surface area contributed by atoms with Gasteiger partial charge >= 0.3 is 5.97 Å². The van der Waals surface area contributed by atoms with E-state index in [1.165, 1.54) is 15.8 Å². The molecule has 2 N–H and O–H groups in total. The highest BCUT2D eigenvalue weighted by molar-refractivity contribution is 7.10. The summed E-state index contributed by atoms with van der Waals surface area (Å²) in [5.41, 5.74) is 1.88. The Morgan fingerprint density at radius 3 is 3.14 bits per heavy atom. The van der Waals surface area contributed by atoms with Crippen molar-refractivity contribution < 1.29 is 14.7 Å². The highest BCUT2D eigenvalue weighted by Gasteiger charge is 2.23. The Balaban J connectivity index is 1.72. The topological polar surface area (TPSA) is 84.2 Å². The fourth-order valence-corrected chi connectivity index (χ4v) is 3.95. The summed E-state index contributed by atoms with van der Waals surface area (Å²) >= 11 is 1.64. The molecule has 7 heteroatoms. The van der Waals surface area contributed by atoms with Crippen LogP contribution in [0.1, 0.15) is 34.1 Å². The number of hydrogen-bond acceptors (Lipinski definition) is 4. The first-order valence-corrected chi connectivity index (χ1v) is 8.06. The summed E-state index contributed by atoms with van der Waals surface area (Å²) < 4.78 is 1.28. The molecular weight excluding hydrogens is 302 g/mol. The molecule has 1 atom stereocenters. The van der Waals surface area contributed by atoms with Crippen molar-refractivity contribution in [3.05, 3.63) is 33.6 Å². The Morgan fingerprint density at radius 1 is 1.55 bits per heavy atom. The summed E-state index contributed by atoms with van der Waals surface area (Å²) in [6, 6.07) is 1.60. The molecule has 22 heavy (non-hydrogen) atoms. The number of thiophene rings is 1. The van der Waals surface area contributed by atoms with Gasteiger partial charge in [0, 0.05) is 22.5 Å². The lowest BCUT2D eigenvalue weighted by Gasteiger charge is -2.18. The average Bonchev–Trinajstić information content (AvgIpc) is 3.04. The standard InChI is InChI=1S/C15H17N3O3S/c1-9-2-3-10-11(8-22-12(10)6-9)15(21)16-13-4-5-18(17-13)7-14(19)20/h4-5,8-9H,2-3,6-7H2,1H3,(H,19,20)(H,16,17,21). The van der Waals surface area contributed by atoms with Gasteiger partial charge in [0.15, 0.2) is 5.82 Å². The minimum atomic E-state index is -0.970. The van der Waals surface area contributed by atoms with E-state index in [9.17, 15) is 9.59 Å². The lowest BCUT2D eigenvalue weighted by atomic mass is 9.88. The second-order valence-corrected chi connectivity index (χ2v) is 6.61. The molecule has 2 aromatic heterocycles. The number of nitrogens with one attached hydrogen (secondary N) is 1. The zero-order valence-corrected chi connectivity index (χ0v) is 13.0. The molecule has 116 valence electrons. The first-order valence-electron chi connectivity index (χ1n) is 7.18. The van der Waals surface area contributed by atoms with Gasteiger partial charge < -0.3 is 10.4 Å². The highest BCUT2D eigenvalue weighted by atomic mass is 32.1. The van der Waals surface area contributed by atoms with E-state index in [1.54, 1.807) is 17.4 Å². The van der Waals surface area contributed by atoms with Gasteiger partial charge in [0.05, 0.1) is 5.56 Å². The number of carbonyl (C=O) groups is 2. The summed E-state index contributed by atoms with van der Waals surface area (Å²) in [5, 5.41) is 17.4. The smallest absolute Gasteiger partial charge is 0.325 e. The SMILES string of the molecule is CC1CCc2c(C(=O)Nc3ccn(CC(=O)O)n3)csc2C1. The number of hydrogen-bond donors (Lipinski definition) is 2. The fraction of sp³-hybridized carbons (Fsp3) is 0.400. The second kappa shape index (κ2) is 5.92. The van der Waals surface area contributed by atoms with Gasteiger partial charge in [0.25, 0.3) is 5.91 Å². The molecule has 0 radical (unpaired) electrons. The number of carboxylic acids is 1. The number of aliphatic carboxylic acids is 1. The van der Waals surface area contributed by atoms with Crippen LogP contribution in [0.4, 0.5) is 5.82 Å². The first-order chi connectivity index (χ1) is 10.5. The number of fused-ring (bicyclic) bond motifs is 1. The zero-order valence-electron chi connectivity index (χ0n) is 12.2. The molecule has 2 aromatic rings. The number of anilines is 1. The molecule has 0 saturated carbocycles. The molecular formula is C15H17N3O3S. The Morgan fingerprint density at radius 2 is 2.36 bits per heavy atom. The normalized spacial score (nSPS) is 17.0. The lowest BCUT2D eigenvalue weighted by Crippen LogP contribution is -2.17. The molecule has 1 aliphatic carbocycles. The minimum Gasteiger partial charge on any atom is -0.480 e. The van der Waals surface area contributed by atoms with Gasteiger partial charge in [-0.15, -0.1) is 11.3 Å². The van der Waals surface area contributed by atoms with Crippen LogP contribution in [-0.4, -0.2) is 26.8 Å². The third-order valence-corrected chi connectivity index (χ3v) is 4.88. The van der Waals surface area contributed by atoms with Crippen molar-refractivity contribution in [3.63, 3.8) is 0 Å². The van der Waals surface area contributed by atoms with Crippen LogP contribution in [0.3, 0.4) is 0 Å². The zero-order chi connectivity index (χ0) is 15.7. The van der Waals surface area contributed by atoms with E-state index in [0.717, 1.165) is 30.4 Å². The number of amides is 1. The molecule has 0 fully saturated rings. The van der Waals surface area contributed by atoms with Gasteiger partial charge in [0.2, 0.25) is 0 Å². The second-order valence-electron chi connectivity index (χ2n) is 5.65. The van der Waals surface area contributed by atoms with Crippen LogP contribution in [-0.2, 0) is 24.2 Å². The predicted octanol–water partition coefficient (Wildman–Crippen LogP) is 2.41. The van der Waals surface area contributed by atoms with Crippen molar-refractivity contribution in [1.82, 2.24) is 9.78 Å². The van der Waals surface area contributed by atoms with Crippen LogP contribution in [0.2, 0.25) is 0 Å². The molecule has 0 saturated heterocycles. The lowest BCUT2D eigenvalue weighted by molar-refractivity contribution is -0.137. The van der Waals surface area contributed by atoms with Crippen molar-refractivity contribution in [2.75, 3.05) is 5.32 Å². The van der Waals surface area contributed by atoms with E-state index < -0.39 is 5.97 Å². The van der Waals surface area contributed by atoms with Crippen molar-refractivity contribution in [1.29, 1.82) is 0 Å². The van der Waals surface area contributed by atoms with Gasteiger partial charge in [-0.2, -0.15) is 5.10 Å². The van der Waals surface area contributed by atoms with Gasteiger partial charge in [-0.3, -0.25) is 14.3 Å². The molecule has 1 unspecified atom stereocenters. The van der Waals surface area contributed by atoms with Crippen molar-refractivity contribution in [2.24, 2.45) is 5.92 Å². The van der Waals surface area contributed by atoms with Crippen LogP contribution >= 0.6 is 11.3 Å². The number of aromatic nitrogens is 2.